The number of benzene rings is 1. The maximum atomic E-state index is 5.79. The van der Waals surface area contributed by atoms with E-state index in [1.54, 1.807) is 0 Å². The fourth-order valence-corrected chi connectivity index (χ4v) is 2.64. The molecule has 3 rings (SSSR count). The number of nitrogens with one attached hydrogen (secondary N) is 1. The first-order valence-corrected chi connectivity index (χ1v) is 6.27. The van der Waals surface area contributed by atoms with E-state index in [9.17, 15) is 0 Å². The molecule has 3 N–H and O–H groups in total. The minimum absolute atomic E-state index is 0.386. The molecule has 1 unspecified atom stereocenters. The Bertz CT molecular complexity index is 544. The number of nitrogens with two attached hydrogens (primary N) is 1. The molecule has 0 bridgehead atoms. The third kappa shape index (κ3) is 1.62. The Labute approximate surface area is 101 Å². The van der Waals surface area contributed by atoms with E-state index in [0.29, 0.717) is 12.5 Å². The van der Waals surface area contributed by atoms with Crippen LogP contribution in [0.1, 0.15) is 30.4 Å². The first kappa shape index (κ1) is 10.7. The van der Waals surface area contributed by atoms with Gasteiger partial charge in [-0.15, -0.1) is 0 Å². The second-order valence-electron chi connectivity index (χ2n) is 4.80. The van der Waals surface area contributed by atoms with Crippen LogP contribution >= 0.6 is 0 Å². The highest BCUT2D eigenvalue weighted by atomic mass is 16.5. The second kappa shape index (κ2) is 4.08. The van der Waals surface area contributed by atoms with Crippen molar-refractivity contribution in [2.45, 2.75) is 25.7 Å². The molecular weight excluding hydrogens is 212 g/mol. The van der Waals surface area contributed by atoms with Crippen molar-refractivity contribution >= 4 is 10.9 Å². The third-order valence-corrected chi connectivity index (χ3v) is 3.65. The van der Waals surface area contributed by atoms with Crippen LogP contribution in [0, 0.1) is 0 Å². The highest BCUT2D eigenvalue weighted by molar-refractivity contribution is 5.89. The highest BCUT2D eigenvalue weighted by Crippen LogP contribution is 2.36. The number of aryl methyl sites for hydroxylation is 1. The quantitative estimate of drug-likeness (QED) is 0.833. The summed E-state index contributed by atoms with van der Waals surface area (Å²) in [7, 11) is 0. The molecule has 2 heterocycles. The Morgan fingerprint density at radius 1 is 1.47 bits per heavy atom. The van der Waals surface area contributed by atoms with Gasteiger partial charge in [-0.3, -0.25) is 0 Å². The highest BCUT2D eigenvalue weighted by Gasteiger charge is 2.18. The van der Waals surface area contributed by atoms with Crippen LogP contribution in [-0.4, -0.2) is 18.1 Å². The summed E-state index contributed by atoms with van der Waals surface area (Å²) in [4.78, 5) is 3.34. The standard InChI is InChI=1S/C14H18N2O/c1-9(7-15)11-8-16-12-4-5-13-10(14(11)12)3-2-6-17-13/h4-5,8-9,16H,2-3,6-7,15H2,1H3. The van der Waals surface area contributed by atoms with Gasteiger partial charge in [-0.1, -0.05) is 6.92 Å². The van der Waals surface area contributed by atoms with E-state index in [-0.39, 0.29) is 0 Å². The molecular formula is C14H18N2O. The summed E-state index contributed by atoms with van der Waals surface area (Å²) in [6.45, 7) is 3.69. The maximum absolute atomic E-state index is 5.79. The first-order chi connectivity index (χ1) is 8.31. The molecule has 0 saturated carbocycles. The first-order valence-electron chi connectivity index (χ1n) is 6.27. The SMILES string of the molecule is CC(CN)c1c[nH]c2ccc3c(c12)CCCO3. The summed E-state index contributed by atoms with van der Waals surface area (Å²) in [5.74, 6) is 1.44. The molecule has 3 nitrogen and oxygen atoms in total. The van der Waals surface area contributed by atoms with E-state index in [1.807, 2.05) is 0 Å². The predicted octanol–water partition coefficient (Wildman–Crippen LogP) is 2.56. The van der Waals surface area contributed by atoms with Gasteiger partial charge in [0.2, 0.25) is 0 Å². The number of hydrogen-bond acceptors (Lipinski definition) is 2. The molecule has 1 aromatic carbocycles. The minimum atomic E-state index is 0.386. The zero-order valence-electron chi connectivity index (χ0n) is 10.1. The van der Waals surface area contributed by atoms with E-state index in [2.05, 4.69) is 30.2 Å². The van der Waals surface area contributed by atoms with Gasteiger partial charge in [0.15, 0.2) is 0 Å². The average molecular weight is 230 g/mol. The van der Waals surface area contributed by atoms with Gasteiger partial charge in [-0.05, 0) is 43.0 Å². The molecule has 0 aliphatic carbocycles. The predicted molar refractivity (Wildman–Crippen MR) is 69.6 cm³/mol. The summed E-state index contributed by atoms with van der Waals surface area (Å²) >= 11 is 0. The number of fused-ring (bicyclic) bond motifs is 3. The van der Waals surface area contributed by atoms with Crippen molar-refractivity contribution in [2.24, 2.45) is 5.73 Å². The lowest BCUT2D eigenvalue weighted by Gasteiger charge is -2.19. The van der Waals surface area contributed by atoms with Crippen molar-refractivity contribution in [2.75, 3.05) is 13.2 Å². The van der Waals surface area contributed by atoms with Crippen LogP contribution in [0.2, 0.25) is 0 Å². The molecule has 2 aromatic rings. The van der Waals surface area contributed by atoms with Crippen LogP contribution < -0.4 is 10.5 Å². The Morgan fingerprint density at radius 3 is 3.18 bits per heavy atom. The van der Waals surface area contributed by atoms with Crippen molar-refractivity contribution in [1.29, 1.82) is 0 Å². The normalized spacial score (nSPS) is 16.6. The summed E-state index contributed by atoms with van der Waals surface area (Å²) in [6.07, 6.45) is 4.31. The van der Waals surface area contributed by atoms with Crippen molar-refractivity contribution in [3.05, 3.63) is 29.5 Å². The lowest BCUT2D eigenvalue weighted by Crippen LogP contribution is -2.11. The van der Waals surface area contributed by atoms with E-state index in [4.69, 9.17) is 10.5 Å². The number of ether oxygens (including phenoxy) is 1. The van der Waals surface area contributed by atoms with Crippen LogP contribution in [-0.2, 0) is 6.42 Å². The largest absolute Gasteiger partial charge is 0.493 e. The van der Waals surface area contributed by atoms with Gasteiger partial charge in [0.05, 0.1) is 6.61 Å². The minimum Gasteiger partial charge on any atom is -0.493 e. The van der Waals surface area contributed by atoms with Gasteiger partial charge < -0.3 is 15.5 Å². The van der Waals surface area contributed by atoms with E-state index < -0.39 is 0 Å². The van der Waals surface area contributed by atoms with E-state index in [1.165, 1.54) is 22.0 Å². The van der Waals surface area contributed by atoms with Crippen molar-refractivity contribution in [3.8, 4) is 5.75 Å². The van der Waals surface area contributed by atoms with Crippen molar-refractivity contribution < 1.29 is 4.74 Å². The zero-order valence-corrected chi connectivity index (χ0v) is 10.1. The molecule has 1 aliphatic rings. The second-order valence-corrected chi connectivity index (χ2v) is 4.80. The molecule has 0 radical (unpaired) electrons. The van der Waals surface area contributed by atoms with Crippen LogP contribution in [0.5, 0.6) is 5.75 Å². The smallest absolute Gasteiger partial charge is 0.123 e. The van der Waals surface area contributed by atoms with Gasteiger partial charge in [0.1, 0.15) is 5.75 Å². The molecule has 17 heavy (non-hydrogen) atoms. The summed E-state index contributed by atoms with van der Waals surface area (Å²) in [5, 5.41) is 1.33. The molecule has 1 aromatic heterocycles. The summed E-state index contributed by atoms with van der Waals surface area (Å²) in [5.41, 5.74) is 9.66. The third-order valence-electron chi connectivity index (χ3n) is 3.65. The van der Waals surface area contributed by atoms with Gasteiger partial charge >= 0.3 is 0 Å². The molecule has 0 fully saturated rings. The van der Waals surface area contributed by atoms with Crippen molar-refractivity contribution in [3.63, 3.8) is 0 Å². The lowest BCUT2D eigenvalue weighted by atomic mass is 9.94. The maximum Gasteiger partial charge on any atom is 0.123 e. The Balaban J connectivity index is 2.24. The summed E-state index contributed by atoms with van der Waals surface area (Å²) in [6, 6.07) is 4.18. The van der Waals surface area contributed by atoms with Crippen LogP contribution in [0.3, 0.4) is 0 Å². The van der Waals surface area contributed by atoms with Crippen LogP contribution in [0.15, 0.2) is 18.3 Å². The van der Waals surface area contributed by atoms with E-state index >= 15 is 0 Å². The fourth-order valence-electron chi connectivity index (χ4n) is 2.64. The Morgan fingerprint density at radius 2 is 2.35 bits per heavy atom. The molecule has 3 heteroatoms. The van der Waals surface area contributed by atoms with Gasteiger partial charge in [0.25, 0.3) is 0 Å². The number of aromatic nitrogens is 1. The number of rotatable bonds is 2. The monoisotopic (exact) mass is 230 g/mol. The molecule has 0 amide bonds. The van der Waals surface area contributed by atoms with Crippen LogP contribution in [0.4, 0.5) is 0 Å². The average Bonchev–Trinajstić information content (AvgIpc) is 2.82. The summed E-state index contributed by atoms with van der Waals surface area (Å²) < 4.78 is 5.72. The van der Waals surface area contributed by atoms with E-state index in [0.717, 1.165) is 25.2 Å². The molecule has 1 atom stereocenters. The lowest BCUT2D eigenvalue weighted by molar-refractivity contribution is 0.289. The number of H-pyrrole nitrogens is 1. The molecule has 0 spiro atoms. The van der Waals surface area contributed by atoms with Crippen molar-refractivity contribution in [1.82, 2.24) is 4.98 Å². The van der Waals surface area contributed by atoms with Gasteiger partial charge in [0, 0.05) is 22.7 Å². The van der Waals surface area contributed by atoms with Crippen LogP contribution in [0.25, 0.3) is 10.9 Å². The Kier molecular flexibility index (Phi) is 2.56. The molecule has 0 saturated heterocycles. The topological polar surface area (TPSA) is 51.0 Å². The van der Waals surface area contributed by atoms with Gasteiger partial charge in [-0.25, -0.2) is 0 Å². The zero-order chi connectivity index (χ0) is 11.8. The van der Waals surface area contributed by atoms with Gasteiger partial charge in [-0.2, -0.15) is 0 Å². The Hall–Kier alpha value is -1.48. The molecule has 1 aliphatic heterocycles. The fraction of sp³-hybridized carbons (Fsp3) is 0.429. The number of aromatic amines is 1. The number of hydrogen-bond donors (Lipinski definition) is 2. The molecule has 90 valence electrons.